The van der Waals surface area contributed by atoms with E-state index in [4.69, 9.17) is 4.74 Å². The molecule has 1 aliphatic heterocycles. The zero-order valence-corrected chi connectivity index (χ0v) is 13.0. The second-order valence-corrected chi connectivity index (χ2v) is 5.65. The van der Waals surface area contributed by atoms with Crippen molar-refractivity contribution in [1.29, 1.82) is 0 Å². The second kappa shape index (κ2) is 7.82. The standard InChI is InChI=1S/C17H23NO4/c1-13-7-2-3-9-15(13)22-12-6-10-16(19)18-11-5-4-8-14(18)17(20)21/h2-3,7,9,14H,4-6,8,10-12H2,1H3,(H,20,21). The van der Waals surface area contributed by atoms with Gasteiger partial charge in [0, 0.05) is 13.0 Å². The zero-order valence-electron chi connectivity index (χ0n) is 13.0. The number of carboxylic acid groups (broad SMARTS) is 1. The van der Waals surface area contributed by atoms with Crippen molar-refractivity contribution in [2.45, 2.75) is 45.1 Å². The highest BCUT2D eigenvalue weighted by molar-refractivity contribution is 5.83. The van der Waals surface area contributed by atoms with Gasteiger partial charge in [0.05, 0.1) is 6.61 Å². The Morgan fingerprint density at radius 3 is 2.82 bits per heavy atom. The summed E-state index contributed by atoms with van der Waals surface area (Å²) in [6.45, 7) is 2.99. The largest absolute Gasteiger partial charge is 0.493 e. The van der Waals surface area contributed by atoms with Crippen LogP contribution in [0.2, 0.25) is 0 Å². The van der Waals surface area contributed by atoms with Crippen LogP contribution >= 0.6 is 0 Å². The summed E-state index contributed by atoms with van der Waals surface area (Å²) in [4.78, 5) is 24.9. The molecule has 5 nitrogen and oxygen atoms in total. The van der Waals surface area contributed by atoms with Crippen molar-refractivity contribution in [2.75, 3.05) is 13.2 Å². The number of hydrogen-bond donors (Lipinski definition) is 1. The Bertz CT molecular complexity index is 529. The smallest absolute Gasteiger partial charge is 0.326 e. The van der Waals surface area contributed by atoms with Crippen LogP contribution in [0.1, 0.15) is 37.7 Å². The van der Waals surface area contributed by atoms with Crippen molar-refractivity contribution in [2.24, 2.45) is 0 Å². The van der Waals surface area contributed by atoms with Crippen LogP contribution in [0.15, 0.2) is 24.3 Å². The molecule has 1 atom stereocenters. The molecule has 0 spiro atoms. The zero-order chi connectivity index (χ0) is 15.9. The van der Waals surface area contributed by atoms with Gasteiger partial charge in [0.2, 0.25) is 5.91 Å². The molecule has 0 saturated carbocycles. The molecule has 1 aliphatic rings. The second-order valence-electron chi connectivity index (χ2n) is 5.65. The van der Waals surface area contributed by atoms with Gasteiger partial charge >= 0.3 is 5.97 Å². The summed E-state index contributed by atoms with van der Waals surface area (Å²) in [5, 5.41) is 9.19. The number of amides is 1. The highest BCUT2D eigenvalue weighted by Gasteiger charge is 2.31. The van der Waals surface area contributed by atoms with Crippen LogP contribution in [-0.2, 0) is 9.59 Å². The van der Waals surface area contributed by atoms with E-state index in [0.29, 0.717) is 32.4 Å². The molecule has 0 aromatic heterocycles. The van der Waals surface area contributed by atoms with E-state index in [1.54, 1.807) is 0 Å². The first-order valence-electron chi connectivity index (χ1n) is 7.80. The molecule has 1 fully saturated rings. The maximum absolute atomic E-state index is 12.2. The predicted molar refractivity (Wildman–Crippen MR) is 82.9 cm³/mol. The number of hydrogen-bond acceptors (Lipinski definition) is 3. The summed E-state index contributed by atoms with van der Waals surface area (Å²) in [5.41, 5.74) is 1.07. The maximum atomic E-state index is 12.2. The molecule has 1 amide bonds. The van der Waals surface area contributed by atoms with Crippen LogP contribution in [0.4, 0.5) is 0 Å². The Balaban J connectivity index is 1.77. The molecule has 5 heteroatoms. The number of benzene rings is 1. The molecule has 0 radical (unpaired) electrons. The average Bonchev–Trinajstić information content (AvgIpc) is 2.52. The fraction of sp³-hybridized carbons (Fsp3) is 0.529. The van der Waals surface area contributed by atoms with E-state index in [1.165, 1.54) is 4.90 Å². The van der Waals surface area contributed by atoms with E-state index in [0.717, 1.165) is 24.2 Å². The van der Waals surface area contributed by atoms with Gasteiger partial charge in [-0.1, -0.05) is 18.2 Å². The van der Waals surface area contributed by atoms with E-state index in [-0.39, 0.29) is 5.91 Å². The van der Waals surface area contributed by atoms with Crippen LogP contribution in [0, 0.1) is 6.92 Å². The van der Waals surface area contributed by atoms with Crippen LogP contribution in [0.5, 0.6) is 5.75 Å². The number of aryl methyl sites for hydroxylation is 1. The van der Waals surface area contributed by atoms with Gasteiger partial charge in [-0.25, -0.2) is 4.79 Å². The van der Waals surface area contributed by atoms with Crippen LogP contribution in [0.25, 0.3) is 0 Å². The van der Waals surface area contributed by atoms with Gasteiger partial charge in [-0.2, -0.15) is 0 Å². The van der Waals surface area contributed by atoms with Crippen molar-refractivity contribution in [3.05, 3.63) is 29.8 Å². The quantitative estimate of drug-likeness (QED) is 0.820. The average molecular weight is 305 g/mol. The number of nitrogens with zero attached hydrogens (tertiary/aromatic N) is 1. The monoisotopic (exact) mass is 305 g/mol. The molecule has 120 valence electrons. The van der Waals surface area contributed by atoms with Crippen molar-refractivity contribution < 1.29 is 19.4 Å². The summed E-state index contributed by atoms with van der Waals surface area (Å²) in [6.07, 6.45) is 3.23. The minimum atomic E-state index is -0.899. The normalized spacial score (nSPS) is 18.0. The third-order valence-corrected chi connectivity index (χ3v) is 3.99. The van der Waals surface area contributed by atoms with Gasteiger partial charge in [0.15, 0.2) is 0 Å². The molecule has 22 heavy (non-hydrogen) atoms. The van der Waals surface area contributed by atoms with Gasteiger partial charge in [-0.05, 0) is 44.2 Å². The Hall–Kier alpha value is -2.04. The van der Waals surface area contributed by atoms with Gasteiger partial charge in [-0.15, -0.1) is 0 Å². The van der Waals surface area contributed by atoms with Gasteiger partial charge in [0.1, 0.15) is 11.8 Å². The lowest BCUT2D eigenvalue weighted by Gasteiger charge is -2.33. The molecule has 2 rings (SSSR count). The van der Waals surface area contributed by atoms with Gasteiger partial charge in [0.25, 0.3) is 0 Å². The predicted octanol–water partition coefficient (Wildman–Crippen LogP) is 2.62. The van der Waals surface area contributed by atoms with Crippen molar-refractivity contribution in [1.82, 2.24) is 4.90 Å². The van der Waals surface area contributed by atoms with E-state index in [9.17, 15) is 14.7 Å². The Labute approximate surface area is 130 Å². The van der Waals surface area contributed by atoms with Gasteiger partial charge in [-0.3, -0.25) is 4.79 Å². The molecule has 0 aliphatic carbocycles. The van der Waals surface area contributed by atoms with Gasteiger partial charge < -0.3 is 14.7 Å². The summed E-state index contributed by atoms with van der Waals surface area (Å²) < 4.78 is 5.66. The molecule has 1 aromatic rings. The molecule has 1 N–H and O–H groups in total. The Morgan fingerprint density at radius 1 is 1.32 bits per heavy atom. The lowest BCUT2D eigenvalue weighted by molar-refractivity contribution is -0.152. The first-order chi connectivity index (χ1) is 10.6. The van der Waals surface area contributed by atoms with Crippen molar-refractivity contribution in [3.8, 4) is 5.75 Å². The molecule has 1 saturated heterocycles. The number of carbonyl (C=O) groups is 2. The topological polar surface area (TPSA) is 66.8 Å². The van der Waals surface area contributed by atoms with E-state index >= 15 is 0 Å². The number of carboxylic acids is 1. The first-order valence-corrected chi connectivity index (χ1v) is 7.80. The Morgan fingerprint density at radius 2 is 2.09 bits per heavy atom. The van der Waals surface area contributed by atoms with E-state index in [1.807, 2.05) is 31.2 Å². The van der Waals surface area contributed by atoms with Crippen LogP contribution in [0.3, 0.4) is 0 Å². The number of aliphatic carboxylic acids is 1. The fourth-order valence-electron chi connectivity index (χ4n) is 2.75. The third kappa shape index (κ3) is 4.23. The molecular formula is C17H23NO4. The fourth-order valence-corrected chi connectivity index (χ4v) is 2.75. The number of carbonyl (C=O) groups excluding carboxylic acids is 1. The summed E-state index contributed by atoms with van der Waals surface area (Å²) >= 11 is 0. The SMILES string of the molecule is Cc1ccccc1OCCCC(=O)N1CCCCC1C(=O)O. The number of piperidine rings is 1. The third-order valence-electron chi connectivity index (χ3n) is 3.99. The highest BCUT2D eigenvalue weighted by atomic mass is 16.5. The van der Waals surface area contributed by atoms with E-state index in [2.05, 4.69) is 0 Å². The Kier molecular flexibility index (Phi) is 5.81. The van der Waals surface area contributed by atoms with Crippen LogP contribution < -0.4 is 4.74 Å². The summed E-state index contributed by atoms with van der Waals surface area (Å²) in [6, 6.07) is 7.10. The minimum absolute atomic E-state index is 0.0829. The van der Waals surface area contributed by atoms with Crippen molar-refractivity contribution >= 4 is 11.9 Å². The minimum Gasteiger partial charge on any atom is -0.493 e. The summed E-state index contributed by atoms with van der Waals surface area (Å²) in [7, 11) is 0. The molecule has 1 heterocycles. The van der Waals surface area contributed by atoms with Crippen molar-refractivity contribution in [3.63, 3.8) is 0 Å². The number of para-hydroxylation sites is 1. The summed E-state index contributed by atoms with van der Waals surface area (Å²) in [5.74, 6) is -0.152. The lowest BCUT2D eigenvalue weighted by atomic mass is 10.0. The molecular weight excluding hydrogens is 282 g/mol. The van der Waals surface area contributed by atoms with Crippen LogP contribution in [-0.4, -0.2) is 41.1 Å². The number of rotatable bonds is 6. The highest BCUT2D eigenvalue weighted by Crippen LogP contribution is 2.19. The number of likely N-dealkylation sites (tertiary alicyclic amines) is 1. The molecule has 0 bridgehead atoms. The maximum Gasteiger partial charge on any atom is 0.326 e. The number of ether oxygens (including phenoxy) is 1. The lowest BCUT2D eigenvalue weighted by Crippen LogP contribution is -2.47. The molecule has 1 unspecified atom stereocenters. The first kappa shape index (κ1) is 16.3. The van der Waals surface area contributed by atoms with E-state index < -0.39 is 12.0 Å². The molecule has 1 aromatic carbocycles.